The number of rotatable bonds is 11. The van der Waals surface area contributed by atoms with Crippen molar-refractivity contribution in [2.24, 2.45) is 0 Å². The fourth-order valence-electron chi connectivity index (χ4n) is 5.50. The van der Waals surface area contributed by atoms with Crippen LogP contribution in [-0.4, -0.2) is 63.6 Å². The van der Waals surface area contributed by atoms with Crippen molar-refractivity contribution in [2.45, 2.75) is 45.2 Å². The van der Waals surface area contributed by atoms with Gasteiger partial charge >= 0.3 is 45.0 Å². The summed E-state index contributed by atoms with van der Waals surface area (Å²) in [5, 5.41) is 48.7. The quantitative estimate of drug-likeness (QED) is 0.102. The maximum atomic E-state index is 11.8. The van der Waals surface area contributed by atoms with Crippen LogP contribution in [0.5, 0.6) is 23.0 Å². The third kappa shape index (κ3) is 10.1. The smallest absolute Gasteiger partial charge is 0.870 e. The van der Waals surface area contributed by atoms with Gasteiger partial charge in [0.05, 0.1) is 31.7 Å². The zero-order valence-electron chi connectivity index (χ0n) is 27.5. The van der Waals surface area contributed by atoms with Crippen molar-refractivity contribution in [3.05, 3.63) is 107 Å². The van der Waals surface area contributed by atoms with Crippen LogP contribution >= 0.6 is 0 Å². The molecule has 0 saturated heterocycles. The average Bonchev–Trinajstić information content (AvgIpc) is 3.54. The molecule has 4 aromatic rings. The summed E-state index contributed by atoms with van der Waals surface area (Å²) in [6, 6.07) is 24.6. The molecule has 0 aliphatic carbocycles. The minimum absolute atomic E-state index is 0. The Balaban J connectivity index is 0.000000261. The van der Waals surface area contributed by atoms with Gasteiger partial charge < -0.3 is 54.4 Å². The van der Waals surface area contributed by atoms with Crippen LogP contribution in [0.15, 0.2) is 84.9 Å². The summed E-state index contributed by atoms with van der Waals surface area (Å²) in [6.07, 6.45) is -1.83. The standard InChI is InChI=1S/C18H19BO6.C16H15BO6.Li.H2O/c1-2-23-17(21)10-16-18-14(19(22)25-16)8-13(20)9-15(18)24-11-12-6-4-3-5-7-12;18-11-6-12-16(14(8-15(19)20)23-17(12)21)13(7-11)22-9-10-4-2-1-3-5-10;;/h3-9,16,20,22H,2,10-11H2,1H3;1-7,14,18,21H,8-9H2,(H,19,20);;1H2/q;;+1;/p-1. The maximum absolute atomic E-state index is 11.8. The van der Waals surface area contributed by atoms with Crippen LogP contribution < -0.4 is 39.3 Å². The first-order chi connectivity index (χ1) is 23.1. The van der Waals surface area contributed by atoms with Crippen molar-refractivity contribution in [1.82, 2.24) is 0 Å². The molecule has 0 spiro atoms. The molecule has 13 nitrogen and oxygen atoms in total. The molecule has 16 heteroatoms. The molecular weight excluding hydrogens is 645 g/mol. The van der Waals surface area contributed by atoms with E-state index in [4.69, 9.17) is 28.6 Å². The topological polar surface area (TPSA) is 211 Å². The predicted molar refractivity (Wildman–Crippen MR) is 176 cm³/mol. The number of carboxylic acid groups (broad SMARTS) is 1. The van der Waals surface area contributed by atoms with Gasteiger partial charge in [-0.3, -0.25) is 9.59 Å². The minimum atomic E-state index is -1.28. The van der Waals surface area contributed by atoms with E-state index in [0.717, 1.165) is 11.1 Å². The number of carbonyl (C=O) groups is 2. The van der Waals surface area contributed by atoms with Gasteiger partial charge in [0.2, 0.25) is 0 Å². The first kappa shape index (κ1) is 40.0. The number of phenols is 2. The van der Waals surface area contributed by atoms with E-state index in [9.17, 15) is 29.9 Å². The predicted octanol–water partition coefficient (Wildman–Crippen LogP) is -0.285. The number of aromatic hydroxyl groups is 2. The van der Waals surface area contributed by atoms with E-state index in [2.05, 4.69) is 0 Å². The summed E-state index contributed by atoms with van der Waals surface area (Å²) >= 11 is 0. The van der Waals surface area contributed by atoms with E-state index < -0.39 is 38.4 Å². The summed E-state index contributed by atoms with van der Waals surface area (Å²) in [4.78, 5) is 22.8. The molecular formula is C34H35B2LiO13. The molecule has 0 fully saturated rings. The van der Waals surface area contributed by atoms with Crippen molar-refractivity contribution in [1.29, 1.82) is 0 Å². The van der Waals surface area contributed by atoms with E-state index in [1.807, 2.05) is 60.7 Å². The molecule has 256 valence electrons. The SMILES string of the molecule is CCOC(=O)CC1OB(O)c2cc(O)cc(OCc3ccccc3)c21.O=C(O)CC1OB(O)c2cc(O)cc(OCc3ccccc3)c21.[Li+].[OH-]. The average molecular weight is 680 g/mol. The Morgan fingerprint density at radius 2 is 1.14 bits per heavy atom. The van der Waals surface area contributed by atoms with Crippen molar-refractivity contribution in [2.75, 3.05) is 6.61 Å². The molecule has 2 atom stereocenters. The molecule has 0 aromatic heterocycles. The van der Waals surface area contributed by atoms with Crippen LogP contribution in [0, 0.1) is 0 Å². The Morgan fingerprint density at radius 3 is 1.54 bits per heavy atom. The summed E-state index contributed by atoms with van der Waals surface area (Å²) in [7, 11) is -2.50. The maximum Gasteiger partial charge on any atom is 1.00 e. The molecule has 2 aliphatic heterocycles. The van der Waals surface area contributed by atoms with Crippen molar-refractivity contribution in [3.8, 4) is 23.0 Å². The number of carboxylic acids is 1. The number of fused-ring (bicyclic) bond motifs is 2. The molecule has 0 radical (unpaired) electrons. The number of hydrogen-bond acceptors (Lipinski definition) is 12. The third-order valence-electron chi connectivity index (χ3n) is 7.57. The second-order valence-electron chi connectivity index (χ2n) is 11.0. The van der Waals surface area contributed by atoms with Gasteiger partial charge in [0, 0.05) is 23.3 Å². The van der Waals surface area contributed by atoms with Gasteiger partial charge in [0.15, 0.2) is 0 Å². The number of phenolic OH excluding ortho intramolecular Hbond substituents is 2. The zero-order valence-corrected chi connectivity index (χ0v) is 27.5. The molecule has 50 heavy (non-hydrogen) atoms. The van der Waals surface area contributed by atoms with E-state index in [1.165, 1.54) is 24.3 Å². The Hall–Kier alpha value is -4.45. The number of hydrogen-bond donors (Lipinski definition) is 5. The second-order valence-corrected chi connectivity index (χ2v) is 11.0. The Labute approximate surface area is 301 Å². The van der Waals surface area contributed by atoms with Crippen LogP contribution in [0.3, 0.4) is 0 Å². The van der Waals surface area contributed by atoms with Gasteiger partial charge in [0.1, 0.15) is 36.2 Å². The molecule has 0 amide bonds. The molecule has 2 aliphatic rings. The van der Waals surface area contributed by atoms with Crippen LogP contribution in [0.4, 0.5) is 0 Å². The summed E-state index contributed by atoms with van der Waals surface area (Å²) in [5.41, 5.74) is 3.65. The number of esters is 1. The van der Waals surface area contributed by atoms with Gasteiger partial charge in [-0.25, -0.2) is 0 Å². The van der Waals surface area contributed by atoms with E-state index in [-0.39, 0.29) is 61.9 Å². The van der Waals surface area contributed by atoms with Gasteiger partial charge in [-0.1, -0.05) is 60.7 Å². The molecule has 2 unspecified atom stereocenters. The molecule has 0 bridgehead atoms. The molecule has 4 aromatic carbocycles. The molecule has 2 heterocycles. The van der Waals surface area contributed by atoms with Crippen molar-refractivity contribution < 1.29 is 82.8 Å². The van der Waals surface area contributed by atoms with Gasteiger partial charge in [-0.15, -0.1) is 0 Å². The van der Waals surface area contributed by atoms with Gasteiger partial charge in [-0.05, 0) is 41.1 Å². The van der Waals surface area contributed by atoms with Gasteiger partial charge in [-0.2, -0.15) is 0 Å². The van der Waals surface area contributed by atoms with Crippen LogP contribution in [0.25, 0.3) is 0 Å². The monoisotopic (exact) mass is 680 g/mol. The normalized spacial score (nSPS) is 15.3. The first-order valence-electron chi connectivity index (χ1n) is 15.2. The first-order valence-corrected chi connectivity index (χ1v) is 15.2. The summed E-state index contributed by atoms with van der Waals surface area (Å²) < 4.78 is 27.3. The minimum Gasteiger partial charge on any atom is -0.870 e. The number of ether oxygens (including phenoxy) is 3. The van der Waals surface area contributed by atoms with E-state index >= 15 is 0 Å². The van der Waals surface area contributed by atoms with Crippen LogP contribution in [0.2, 0.25) is 0 Å². The molecule has 0 saturated carbocycles. The van der Waals surface area contributed by atoms with Crippen molar-refractivity contribution >= 4 is 37.1 Å². The summed E-state index contributed by atoms with van der Waals surface area (Å²) in [6.45, 7) is 2.54. The fraction of sp³-hybridized carbons (Fsp3) is 0.235. The fourth-order valence-corrected chi connectivity index (χ4v) is 5.50. The van der Waals surface area contributed by atoms with Crippen LogP contribution in [-0.2, 0) is 36.8 Å². The van der Waals surface area contributed by atoms with E-state index in [0.29, 0.717) is 40.2 Å². The summed E-state index contributed by atoms with van der Waals surface area (Å²) in [5.74, 6) is -0.894. The molecule has 6 N–H and O–H groups in total. The van der Waals surface area contributed by atoms with Crippen molar-refractivity contribution in [3.63, 3.8) is 0 Å². The Bertz CT molecular complexity index is 1730. The van der Waals surface area contributed by atoms with Crippen LogP contribution in [0.1, 0.15) is 54.2 Å². The zero-order chi connectivity index (χ0) is 34.2. The van der Waals surface area contributed by atoms with Gasteiger partial charge in [0.25, 0.3) is 0 Å². The third-order valence-corrected chi connectivity index (χ3v) is 7.57. The number of aliphatic carboxylic acids is 1. The second kappa shape index (κ2) is 18.5. The number of carbonyl (C=O) groups excluding carboxylic acids is 1. The Morgan fingerprint density at radius 1 is 0.720 bits per heavy atom. The largest absolute Gasteiger partial charge is 1.00 e. The Kier molecular flexibility index (Phi) is 14.8. The number of benzene rings is 4. The van der Waals surface area contributed by atoms with E-state index in [1.54, 1.807) is 6.92 Å². The molecule has 6 rings (SSSR count).